The topological polar surface area (TPSA) is 24.5 Å². The van der Waals surface area contributed by atoms with Crippen LogP contribution >= 0.6 is 23.2 Å². The van der Waals surface area contributed by atoms with Crippen LogP contribution in [-0.2, 0) is 0 Å². The quantitative estimate of drug-likeness (QED) is 0.899. The predicted molar refractivity (Wildman–Crippen MR) is 92.1 cm³/mol. The second-order valence-electron chi connectivity index (χ2n) is 6.39. The normalized spacial score (nSPS) is 21.9. The SMILES string of the molecule is Clc1ccc(OC2CCN(CC3CCNCC3)CC2)c(Cl)c1. The van der Waals surface area contributed by atoms with Crippen LogP contribution in [-0.4, -0.2) is 43.7 Å². The second-order valence-corrected chi connectivity index (χ2v) is 7.23. The van der Waals surface area contributed by atoms with Crippen molar-refractivity contribution in [2.45, 2.75) is 31.8 Å². The predicted octanol–water partition coefficient (Wildman–Crippen LogP) is 3.84. The van der Waals surface area contributed by atoms with Crippen LogP contribution in [0.5, 0.6) is 5.75 Å². The lowest BCUT2D eigenvalue weighted by atomic mass is 9.96. The van der Waals surface area contributed by atoms with Gasteiger partial charge in [0.2, 0.25) is 0 Å². The van der Waals surface area contributed by atoms with Crippen LogP contribution in [0, 0.1) is 5.92 Å². The van der Waals surface area contributed by atoms with E-state index in [9.17, 15) is 0 Å². The zero-order chi connectivity index (χ0) is 15.4. The molecule has 0 aliphatic carbocycles. The molecular formula is C17H24Cl2N2O. The molecule has 0 radical (unpaired) electrons. The van der Waals surface area contributed by atoms with E-state index in [2.05, 4.69) is 10.2 Å². The third kappa shape index (κ3) is 4.51. The summed E-state index contributed by atoms with van der Waals surface area (Å²) < 4.78 is 6.05. The van der Waals surface area contributed by atoms with Gasteiger partial charge in [-0.05, 0) is 62.9 Å². The molecule has 1 N–H and O–H groups in total. The van der Waals surface area contributed by atoms with Gasteiger partial charge in [-0.1, -0.05) is 23.2 Å². The molecule has 0 spiro atoms. The van der Waals surface area contributed by atoms with E-state index in [0.717, 1.165) is 37.6 Å². The van der Waals surface area contributed by atoms with Crippen LogP contribution in [0.3, 0.4) is 0 Å². The van der Waals surface area contributed by atoms with Crippen molar-refractivity contribution in [2.75, 3.05) is 32.7 Å². The first-order valence-corrected chi connectivity index (χ1v) is 9.01. The molecule has 0 bridgehead atoms. The largest absolute Gasteiger partial charge is 0.489 e. The molecule has 2 fully saturated rings. The van der Waals surface area contributed by atoms with Gasteiger partial charge in [-0.2, -0.15) is 0 Å². The third-order valence-corrected chi connectivity index (χ3v) is 5.23. The van der Waals surface area contributed by atoms with Crippen LogP contribution in [0.4, 0.5) is 0 Å². The lowest BCUT2D eigenvalue weighted by molar-refractivity contribution is 0.0873. The van der Waals surface area contributed by atoms with E-state index in [1.54, 1.807) is 6.07 Å². The van der Waals surface area contributed by atoms with E-state index in [1.165, 1.54) is 32.5 Å². The van der Waals surface area contributed by atoms with Crippen LogP contribution in [0.1, 0.15) is 25.7 Å². The summed E-state index contributed by atoms with van der Waals surface area (Å²) in [6.07, 6.45) is 5.05. The minimum absolute atomic E-state index is 0.267. The van der Waals surface area contributed by atoms with Crippen molar-refractivity contribution >= 4 is 23.2 Å². The van der Waals surface area contributed by atoms with E-state index in [1.807, 2.05) is 12.1 Å². The molecule has 2 aliphatic rings. The van der Waals surface area contributed by atoms with Gasteiger partial charge in [0.05, 0.1) is 5.02 Å². The van der Waals surface area contributed by atoms with Gasteiger partial charge in [0.1, 0.15) is 11.9 Å². The summed E-state index contributed by atoms with van der Waals surface area (Å²) in [5.41, 5.74) is 0. The van der Waals surface area contributed by atoms with Crippen molar-refractivity contribution < 1.29 is 4.74 Å². The smallest absolute Gasteiger partial charge is 0.138 e. The van der Waals surface area contributed by atoms with E-state index < -0.39 is 0 Å². The summed E-state index contributed by atoms with van der Waals surface area (Å²) in [5.74, 6) is 1.62. The van der Waals surface area contributed by atoms with E-state index in [-0.39, 0.29) is 6.10 Å². The summed E-state index contributed by atoms with van der Waals surface area (Å²) in [4.78, 5) is 2.60. The first-order valence-electron chi connectivity index (χ1n) is 8.25. The summed E-state index contributed by atoms with van der Waals surface area (Å²) in [6.45, 7) is 5.86. The molecule has 122 valence electrons. The fourth-order valence-corrected chi connectivity index (χ4v) is 3.84. The number of benzene rings is 1. The average molecular weight is 343 g/mol. The van der Waals surface area contributed by atoms with Gasteiger partial charge in [0, 0.05) is 24.7 Å². The number of hydrogen-bond donors (Lipinski definition) is 1. The Bertz CT molecular complexity index is 484. The van der Waals surface area contributed by atoms with E-state index in [4.69, 9.17) is 27.9 Å². The standard InChI is InChI=1S/C17H24Cl2N2O/c18-14-1-2-17(16(19)11-14)22-15-5-9-21(10-6-15)12-13-3-7-20-8-4-13/h1-2,11,13,15,20H,3-10,12H2. The van der Waals surface area contributed by atoms with Gasteiger partial charge in [0.25, 0.3) is 0 Å². The number of nitrogens with zero attached hydrogens (tertiary/aromatic N) is 1. The van der Waals surface area contributed by atoms with E-state index in [0.29, 0.717) is 10.0 Å². The van der Waals surface area contributed by atoms with Crippen LogP contribution in [0.25, 0.3) is 0 Å². The molecule has 3 nitrogen and oxygen atoms in total. The Morgan fingerprint density at radius 2 is 1.82 bits per heavy atom. The zero-order valence-electron chi connectivity index (χ0n) is 12.9. The molecule has 2 aliphatic heterocycles. The minimum atomic E-state index is 0.267. The second kappa shape index (κ2) is 7.87. The number of ether oxygens (including phenoxy) is 1. The minimum Gasteiger partial charge on any atom is -0.489 e. The number of hydrogen-bond acceptors (Lipinski definition) is 3. The monoisotopic (exact) mass is 342 g/mol. The van der Waals surface area contributed by atoms with Crippen molar-refractivity contribution in [1.82, 2.24) is 10.2 Å². The van der Waals surface area contributed by atoms with Crippen molar-refractivity contribution in [1.29, 1.82) is 0 Å². The van der Waals surface area contributed by atoms with Crippen molar-refractivity contribution in [3.63, 3.8) is 0 Å². The van der Waals surface area contributed by atoms with Crippen LogP contribution in [0.15, 0.2) is 18.2 Å². The molecule has 0 amide bonds. The first-order chi connectivity index (χ1) is 10.7. The summed E-state index contributed by atoms with van der Waals surface area (Å²) in [6, 6.07) is 5.44. The lowest BCUT2D eigenvalue weighted by Gasteiger charge is -2.35. The number of halogens is 2. The third-order valence-electron chi connectivity index (χ3n) is 4.70. The molecule has 5 heteroatoms. The highest BCUT2D eigenvalue weighted by Crippen LogP contribution is 2.30. The number of likely N-dealkylation sites (tertiary alicyclic amines) is 1. The van der Waals surface area contributed by atoms with Crippen molar-refractivity contribution in [3.8, 4) is 5.75 Å². The molecule has 2 saturated heterocycles. The van der Waals surface area contributed by atoms with Gasteiger partial charge in [-0.15, -0.1) is 0 Å². The molecule has 1 aromatic carbocycles. The maximum absolute atomic E-state index is 6.18. The Morgan fingerprint density at radius 3 is 2.50 bits per heavy atom. The van der Waals surface area contributed by atoms with Gasteiger partial charge < -0.3 is 15.0 Å². The van der Waals surface area contributed by atoms with Crippen molar-refractivity contribution in [2.24, 2.45) is 5.92 Å². The van der Waals surface area contributed by atoms with Gasteiger partial charge in [-0.25, -0.2) is 0 Å². The lowest BCUT2D eigenvalue weighted by Crippen LogP contribution is -2.42. The van der Waals surface area contributed by atoms with Crippen molar-refractivity contribution in [3.05, 3.63) is 28.2 Å². The fourth-order valence-electron chi connectivity index (χ4n) is 3.39. The Kier molecular flexibility index (Phi) is 5.86. The Balaban J connectivity index is 1.45. The Labute approximate surface area is 142 Å². The molecule has 2 heterocycles. The van der Waals surface area contributed by atoms with Gasteiger partial charge in [0.15, 0.2) is 0 Å². The molecule has 0 unspecified atom stereocenters. The fraction of sp³-hybridized carbons (Fsp3) is 0.647. The van der Waals surface area contributed by atoms with E-state index >= 15 is 0 Å². The van der Waals surface area contributed by atoms with Gasteiger partial charge >= 0.3 is 0 Å². The molecule has 1 aromatic rings. The summed E-state index contributed by atoms with van der Waals surface area (Å²) in [7, 11) is 0. The summed E-state index contributed by atoms with van der Waals surface area (Å²) in [5, 5.41) is 4.68. The highest BCUT2D eigenvalue weighted by Gasteiger charge is 2.24. The molecule has 3 rings (SSSR count). The molecule has 0 aromatic heterocycles. The first kappa shape index (κ1) is 16.4. The average Bonchev–Trinajstić information content (AvgIpc) is 2.53. The number of nitrogens with one attached hydrogen (secondary N) is 1. The molecule has 0 saturated carbocycles. The highest BCUT2D eigenvalue weighted by molar-refractivity contribution is 6.35. The van der Waals surface area contributed by atoms with Crippen LogP contribution in [0.2, 0.25) is 10.0 Å². The maximum atomic E-state index is 6.18. The molecular weight excluding hydrogens is 319 g/mol. The zero-order valence-corrected chi connectivity index (χ0v) is 14.4. The maximum Gasteiger partial charge on any atom is 0.138 e. The Morgan fingerprint density at radius 1 is 1.09 bits per heavy atom. The number of rotatable bonds is 4. The molecule has 0 atom stereocenters. The number of piperidine rings is 2. The van der Waals surface area contributed by atoms with Gasteiger partial charge in [-0.3, -0.25) is 0 Å². The molecule has 22 heavy (non-hydrogen) atoms. The summed E-state index contributed by atoms with van der Waals surface area (Å²) >= 11 is 12.1. The highest BCUT2D eigenvalue weighted by atomic mass is 35.5. The Hall–Kier alpha value is -0.480. The van der Waals surface area contributed by atoms with Crippen LogP contribution < -0.4 is 10.1 Å².